The van der Waals surface area contributed by atoms with Gasteiger partial charge < -0.3 is 15.2 Å². The first kappa shape index (κ1) is 12.0. The summed E-state index contributed by atoms with van der Waals surface area (Å²) in [5.41, 5.74) is -2.94. The summed E-state index contributed by atoms with van der Waals surface area (Å²) in [5, 5.41) is 22.8. The number of aliphatic hydroxyl groups is 1. The Balaban J connectivity index is 2.88. The summed E-state index contributed by atoms with van der Waals surface area (Å²) in [7, 11) is 1.05. The Labute approximate surface area is 98.2 Å². The van der Waals surface area contributed by atoms with Gasteiger partial charge in [0.1, 0.15) is 12.3 Å². The van der Waals surface area contributed by atoms with Gasteiger partial charge in [0.2, 0.25) is 0 Å². The lowest BCUT2D eigenvalue weighted by Crippen LogP contribution is -2.39. The highest BCUT2D eigenvalue weighted by Crippen LogP contribution is 2.28. The van der Waals surface area contributed by atoms with E-state index in [1.165, 1.54) is 0 Å². The maximum Gasteiger partial charge on any atom is 0.374 e. The molecule has 2 rings (SSSR count). The minimum Gasteiger partial charge on any atom is -0.370 e. The summed E-state index contributed by atoms with van der Waals surface area (Å²) in [5.74, 6) is -0.460. The highest BCUT2D eigenvalue weighted by Gasteiger charge is 2.39. The third-order valence-electron chi connectivity index (χ3n) is 2.68. The third-order valence-corrected chi connectivity index (χ3v) is 2.68. The van der Waals surface area contributed by atoms with E-state index in [0.29, 0.717) is 15.4 Å². The van der Waals surface area contributed by atoms with E-state index < -0.39 is 39.9 Å². The fraction of sp³-hybridized carbons (Fsp3) is 0.375. The molecule has 0 amide bonds. The molecule has 1 aliphatic heterocycles. The fourth-order valence-corrected chi connectivity index (χ4v) is 1.76. The molecule has 2 N–H and O–H groups in total. The number of nitrogens with zero attached hydrogens (tertiary/aromatic N) is 3. The molecular weight excluding hydrogens is 248 g/mol. The number of hydrogen-bond acceptors (Lipinski definition) is 7. The second-order valence-corrected chi connectivity index (χ2v) is 3.69. The molecule has 10 heteroatoms. The van der Waals surface area contributed by atoms with Gasteiger partial charge in [0, 0.05) is 7.05 Å². The van der Waals surface area contributed by atoms with Crippen LogP contribution in [0.2, 0.25) is 0 Å². The maximum absolute atomic E-state index is 11.7. The number of aldehydes is 1. The molecule has 0 unspecified atom stereocenters. The van der Waals surface area contributed by atoms with Crippen molar-refractivity contribution in [1.82, 2.24) is 9.13 Å². The van der Waals surface area contributed by atoms with Crippen molar-refractivity contribution in [2.45, 2.75) is 12.3 Å². The standard InChI is InChI=1S/C8H8N4O6/c1-10-7(15)4(12(17)18)5-9-3(2-13)6(14)11(5)8(10)16/h2-3,6,9,14H,1H3/t3-,6+/m0/s1. The van der Waals surface area contributed by atoms with Gasteiger partial charge >= 0.3 is 16.9 Å². The highest BCUT2D eigenvalue weighted by atomic mass is 16.6. The van der Waals surface area contributed by atoms with E-state index in [9.17, 15) is 29.6 Å². The van der Waals surface area contributed by atoms with Crippen molar-refractivity contribution in [1.29, 1.82) is 0 Å². The molecule has 0 saturated heterocycles. The molecule has 2 heterocycles. The lowest BCUT2D eigenvalue weighted by Gasteiger charge is -2.09. The SMILES string of the molecule is Cn1c(=O)c([N+](=O)[O-])c2n(c1=O)[C@H](O)[C@H](C=O)N2. The van der Waals surface area contributed by atoms with E-state index >= 15 is 0 Å². The molecule has 18 heavy (non-hydrogen) atoms. The Morgan fingerprint density at radius 2 is 2.11 bits per heavy atom. The summed E-state index contributed by atoms with van der Waals surface area (Å²) in [6.45, 7) is 0. The zero-order valence-electron chi connectivity index (χ0n) is 9.06. The van der Waals surface area contributed by atoms with Crippen LogP contribution in [0.25, 0.3) is 0 Å². The molecular formula is C8H8N4O6. The van der Waals surface area contributed by atoms with E-state index in [0.717, 1.165) is 7.05 Å². The van der Waals surface area contributed by atoms with Crippen molar-refractivity contribution >= 4 is 17.8 Å². The smallest absolute Gasteiger partial charge is 0.370 e. The number of nitrogens with one attached hydrogen (secondary N) is 1. The monoisotopic (exact) mass is 256 g/mol. The molecule has 1 aromatic rings. The molecule has 0 aliphatic carbocycles. The van der Waals surface area contributed by atoms with Gasteiger partial charge in [-0.25, -0.2) is 9.36 Å². The first-order chi connectivity index (χ1) is 8.40. The second kappa shape index (κ2) is 3.77. The largest absolute Gasteiger partial charge is 0.374 e. The number of rotatable bonds is 2. The number of nitro groups is 1. The van der Waals surface area contributed by atoms with Crippen molar-refractivity contribution in [2.24, 2.45) is 7.05 Å². The van der Waals surface area contributed by atoms with Crippen LogP contribution in [-0.2, 0) is 11.8 Å². The third kappa shape index (κ3) is 1.35. The minimum absolute atomic E-state index is 0.297. The molecule has 1 aliphatic rings. The van der Waals surface area contributed by atoms with E-state index in [2.05, 4.69) is 5.32 Å². The summed E-state index contributed by atoms with van der Waals surface area (Å²) >= 11 is 0. The number of carbonyl (C=O) groups is 1. The average molecular weight is 256 g/mol. The lowest BCUT2D eigenvalue weighted by molar-refractivity contribution is -0.386. The minimum atomic E-state index is -1.59. The maximum atomic E-state index is 11.7. The average Bonchev–Trinajstić information content (AvgIpc) is 2.63. The number of hydrogen-bond donors (Lipinski definition) is 2. The van der Waals surface area contributed by atoms with E-state index in [-0.39, 0.29) is 0 Å². The number of aliphatic hydroxyl groups excluding tert-OH is 1. The zero-order valence-corrected chi connectivity index (χ0v) is 9.06. The van der Waals surface area contributed by atoms with Crippen LogP contribution in [0.5, 0.6) is 0 Å². The fourth-order valence-electron chi connectivity index (χ4n) is 1.76. The Hall–Kier alpha value is -2.49. The van der Waals surface area contributed by atoms with Crippen LogP contribution < -0.4 is 16.6 Å². The van der Waals surface area contributed by atoms with E-state index in [1.54, 1.807) is 0 Å². The van der Waals surface area contributed by atoms with Crippen molar-refractivity contribution in [3.63, 3.8) is 0 Å². The molecule has 96 valence electrons. The Morgan fingerprint density at radius 1 is 1.50 bits per heavy atom. The molecule has 0 bridgehead atoms. The highest BCUT2D eigenvalue weighted by molar-refractivity contribution is 5.70. The molecule has 2 atom stereocenters. The van der Waals surface area contributed by atoms with Gasteiger partial charge in [-0.1, -0.05) is 0 Å². The first-order valence-corrected chi connectivity index (χ1v) is 4.80. The van der Waals surface area contributed by atoms with Gasteiger partial charge in [0.05, 0.1) is 4.92 Å². The van der Waals surface area contributed by atoms with Gasteiger partial charge in [-0.15, -0.1) is 0 Å². The number of carbonyl (C=O) groups excluding carboxylic acids is 1. The van der Waals surface area contributed by atoms with Crippen molar-refractivity contribution in [3.8, 4) is 0 Å². The van der Waals surface area contributed by atoms with Gasteiger partial charge in [0.15, 0.2) is 12.0 Å². The Kier molecular flexibility index (Phi) is 2.51. The van der Waals surface area contributed by atoms with Gasteiger partial charge in [-0.05, 0) is 0 Å². The summed E-state index contributed by atoms with van der Waals surface area (Å²) < 4.78 is 1.11. The van der Waals surface area contributed by atoms with Gasteiger partial charge in [-0.2, -0.15) is 0 Å². The van der Waals surface area contributed by atoms with E-state index in [1.807, 2.05) is 0 Å². The Morgan fingerprint density at radius 3 is 2.61 bits per heavy atom. The topological polar surface area (TPSA) is 136 Å². The molecule has 0 spiro atoms. The van der Waals surface area contributed by atoms with Crippen molar-refractivity contribution < 1.29 is 14.8 Å². The van der Waals surface area contributed by atoms with Crippen LogP contribution >= 0.6 is 0 Å². The number of fused-ring (bicyclic) bond motifs is 1. The molecule has 10 nitrogen and oxygen atoms in total. The second-order valence-electron chi connectivity index (χ2n) is 3.69. The van der Waals surface area contributed by atoms with E-state index in [4.69, 9.17) is 0 Å². The van der Waals surface area contributed by atoms with Crippen LogP contribution in [0.1, 0.15) is 6.23 Å². The van der Waals surface area contributed by atoms with Gasteiger partial charge in [0.25, 0.3) is 0 Å². The summed E-state index contributed by atoms with van der Waals surface area (Å²) in [6.07, 6.45) is -1.29. The van der Waals surface area contributed by atoms with Gasteiger partial charge in [-0.3, -0.25) is 19.5 Å². The summed E-state index contributed by atoms with van der Waals surface area (Å²) in [6, 6.07) is -1.21. The lowest BCUT2D eigenvalue weighted by atomic mass is 10.3. The molecule has 0 aromatic carbocycles. The molecule has 1 aromatic heterocycles. The Bertz CT molecular complexity index is 659. The number of aromatic nitrogens is 2. The van der Waals surface area contributed by atoms with Crippen molar-refractivity contribution in [2.75, 3.05) is 5.32 Å². The first-order valence-electron chi connectivity index (χ1n) is 4.80. The quantitative estimate of drug-likeness (QED) is 0.352. The number of anilines is 1. The van der Waals surface area contributed by atoms with Crippen molar-refractivity contribution in [3.05, 3.63) is 31.0 Å². The normalized spacial score (nSPS) is 21.2. The predicted molar refractivity (Wildman–Crippen MR) is 57.3 cm³/mol. The summed E-state index contributed by atoms with van der Waals surface area (Å²) in [4.78, 5) is 43.8. The zero-order chi connectivity index (χ0) is 13.6. The van der Waals surface area contributed by atoms with Crippen LogP contribution in [-0.4, -0.2) is 31.5 Å². The predicted octanol–water partition coefficient (Wildman–Crippen LogP) is -2.06. The van der Waals surface area contributed by atoms with Crippen LogP contribution in [0.4, 0.5) is 11.5 Å². The molecule has 0 radical (unpaired) electrons. The van der Waals surface area contributed by atoms with Crippen LogP contribution in [0.15, 0.2) is 9.59 Å². The van der Waals surface area contributed by atoms with Crippen LogP contribution in [0.3, 0.4) is 0 Å². The van der Waals surface area contributed by atoms with Crippen LogP contribution in [0, 0.1) is 10.1 Å². The molecule has 0 saturated carbocycles. The molecule has 0 fully saturated rings.